The fraction of sp³-hybridized carbons (Fsp3) is 0.556. The third kappa shape index (κ3) is 4.59. The van der Waals surface area contributed by atoms with Crippen LogP contribution >= 0.6 is 0 Å². The normalized spacial score (nSPS) is 16.6. The van der Waals surface area contributed by atoms with Gasteiger partial charge in [0.2, 0.25) is 15.9 Å². The number of nitrogens with one attached hydrogen (secondary N) is 1. The first-order valence-electron chi connectivity index (χ1n) is 8.73. The molecule has 0 saturated carbocycles. The van der Waals surface area contributed by atoms with Crippen molar-refractivity contribution in [2.75, 3.05) is 13.1 Å². The Balaban J connectivity index is 1.98. The molecule has 136 valence electrons. The number of rotatable bonds is 6. The third-order valence-corrected chi connectivity index (χ3v) is 6.69. The van der Waals surface area contributed by atoms with Crippen molar-refractivity contribution < 1.29 is 13.2 Å². The molecule has 1 N–H and O–H groups in total. The maximum absolute atomic E-state index is 12.7. The van der Waals surface area contributed by atoms with Crippen LogP contribution in [0.15, 0.2) is 29.2 Å². The van der Waals surface area contributed by atoms with Crippen molar-refractivity contribution in [1.82, 2.24) is 9.62 Å². The summed E-state index contributed by atoms with van der Waals surface area (Å²) in [6.45, 7) is 4.76. The summed E-state index contributed by atoms with van der Waals surface area (Å²) >= 11 is 0. The first kappa shape index (κ1) is 19.4. The number of carbonyl (C=O) groups excluding carboxylic acids is 1. The van der Waals surface area contributed by atoms with Crippen LogP contribution in [0.2, 0.25) is 0 Å². The fourth-order valence-corrected chi connectivity index (χ4v) is 4.49. The molecule has 25 heavy (non-hydrogen) atoms. The maximum atomic E-state index is 12.7. The summed E-state index contributed by atoms with van der Waals surface area (Å²) in [5.41, 5.74) is 0.427. The number of carbonyl (C=O) groups is 1. The lowest BCUT2D eigenvalue weighted by molar-refractivity contribution is -0.126. The van der Waals surface area contributed by atoms with Gasteiger partial charge in [-0.25, -0.2) is 8.42 Å². The number of amides is 1. The zero-order chi connectivity index (χ0) is 18.4. The Morgan fingerprint density at radius 3 is 2.28 bits per heavy atom. The number of sulfonamides is 1. The number of nitrogens with zero attached hydrogens (tertiary/aromatic N) is 2. The van der Waals surface area contributed by atoms with E-state index in [1.165, 1.54) is 28.6 Å². The predicted octanol–water partition coefficient (Wildman–Crippen LogP) is 2.26. The second kappa shape index (κ2) is 8.45. The average molecular weight is 363 g/mol. The molecule has 0 aromatic heterocycles. The molecule has 1 heterocycles. The van der Waals surface area contributed by atoms with E-state index in [0.29, 0.717) is 31.5 Å². The molecule has 0 spiro atoms. The van der Waals surface area contributed by atoms with E-state index in [0.717, 1.165) is 12.8 Å². The van der Waals surface area contributed by atoms with Crippen molar-refractivity contribution in [1.29, 1.82) is 5.26 Å². The topological polar surface area (TPSA) is 90.3 Å². The highest BCUT2D eigenvalue weighted by Crippen LogP contribution is 2.24. The Hall–Kier alpha value is -1.91. The van der Waals surface area contributed by atoms with E-state index in [1.54, 1.807) is 0 Å². The van der Waals surface area contributed by atoms with E-state index in [9.17, 15) is 13.2 Å². The van der Waals surface area contributed by atoms with Gasteiger partial charge in [0.25, 0.3) is 0 Å². The van der Waals surface area contributed by atoms with E-state index >= 15 is 0 Å². The standard InChI is InChI=1S/C18H25N3O3S/c1-3-16(4-2)20-18(22)15-9-11-21(12-10-15)25(23,24)17-7-5-14(13-19)6-8-17/h5-8,15-16H,3-4,9-12H2,1-2H3,(H,20,22). The van der Waals surface area contributed by atoms with Crippen LogP contribution in [0.4, 0.5) is 0 Å². The highest BCUT2D eigenvalue weighted by atomic mass is 32.2. The molecular weight excluding hydrogens is 338 g/mol. The molecule has 2 rings (SSSR count). The fourth-order valence-electron chi connectivity index (χ4n) is 3.02. The molecule has 1 fully saturated rings. The summed E-state index contributed by atoms with van der Waals surface area (Å²) in [6.07, 6.45) is 2.85. The minimum absolute atomic E-state index is 0.0316. The van der Waals surface area contributed by atoms with Crippen molar-refractivity contribution in [2.45, 2.75) is 50.5 Å². The molecule has 0 bridgehead atoms. The quantitative estimate of drug-likeness (QED) is 0.839. The minimum atomic E-state index is -3.58. The van der Waals surface area contributed by atoms with E-state index in [4.69, 9.17) is 5.26 Å². The van der Waals surface area contributed by atoms with Gasteiger partial charge in [0.15, 0.2) is 0 Å². The summed E-state index contributed by atoms with van der Waals surface area (Å²) in [4.78, 5) is 12.5. The van der Waals surface area contributed by atoms with Gasteiger partial charge >= 0.3 is 0 Å². The Morgan fingerprint density at radius 2 is 1.80 bits per heavy atom. The maximum Gasteiger partial charge on any atom is 0.243 e. The number of hydrogen-bond acceptors (Lipinski definition) is 4. The molecule has 1 amide bonds. The Morgan fingerprint density at radius 1 is 1.24 bits per heavy atom. The van der Waals surface area contributed by atoms with Gasteiger partial charge in [-0.3, -0.25) is 4.79 Å². The average Bonchev–Trinajstić information content (AvgIpc) is 2.66. The third-order valence-electron chi connectivity index (χ3n) is 4.78. The largest absolute Gasteiger partial charge is 0.353 e. The van der Waals surface area contributed by atoms with E-state index < -0.39 is 10.0 Å². The van der Waals surface area contributed by atoms with Gasteiger partial charge in [-0.1, -0.05) is 13.8 Å². The van der Waals surface area contributed by atoms with E-state index in [1.807, 2.05) is 19.9 Å². The molecule has 6 nitrogen and oxygen atoms in total. The lowest BCUT2D eigenvalue weighted by Gasteiger charge is -2.31. The van der Waals surface area contributed by atoms with Crippen LogP contribution in [0.5, 0.6) is 0 Å². The van der Waals surface area contributed by atoms with Gasteiger partial charge in [-0.2, -0.15) is 9.57 Å². The summed E-state index contributed by atoms with van der Waals surface area (Å²) in [7, 11) is -3.58. The van der Waals surface area contributed by atoms with Crippen molar-refractivity contribution >= 4 is 15.9 Å². The Labute approximate surface area is 149 Å². The molecule has 0 unspecified atom stereocenters. The molecule has 0 aliphatic carbocycles. The molecule has 1 saturated heterocycles. The lowest BCUT2D eigenvalue weighted by Crippen LogP contribution is -2.45. The molecular formula is C18H25N3O3S. The van der Waals surface area contributed by atoms with Crippen LogP contribution in [-0.2, 0) is 14.8 Å². The van der Waals surface area contributed by atoms with Crippen LogP contribution in [-0.4, -0.2) is 37.8 Å². The van der Waals surface area contributed by atoms with Crippen molar-refractivity contribution in [3.8, 4) is 6.07 Å². The van der Waals surface area contributed by atoms with Gasteiger partial charge in [0, 0.05) is 25.0 Å². The van der Waals surface area contributed by atoms with E-state index in [2.05, 4.69) is 5.32 Å². The molecule has 0 atom stereocenters. The van der Waals surface area contributed by atoms with Crippen LogP contribution in [0, 0.1) is 17.2 Å². The van der Waals surface area contributed by atoms with Crippen LogP contribution in [0.3, 0.4) is 0 Å². The number of hydrogen-bond donors (Lipinski definition) is 1. The lowest BCUT2D eigenvalue weighted by atomic mass is 9.96. The summed E-state index contributed by atoms with van der Waals surface area (Å²) in [6, 6.07) is 8.09. The molecule has 1 aromatic carbocycles. The summed E-state index contributed by atoms with van der Waals surface area (Å²) in [5.74, 6) is -0.0999. The smallest absolute Gasteiger partial charge is 0.243 e. The number of benzene rings is 1. The van der Waals surface area contributed by atoms with Gasteiger partial charge in [0.1, 0.15) is 0 Å². The number of piperidine rings is 1. The van der Waals surface area contributed by atoms with Crippen molar-refractivity contribution in [3.63, 3.8) is 0 Å². The zero-order valence-electron chi connectivity index (χ0n) is 14.7. The predicted molar refractivity (Wildman–Crippen MR) is 95.2 cm³/mol. The molecule has 1 aliphatic rings. The highest BCUT2D eigenvalue weighted by molar-refractivity contribution is 7.89. The molecule has 7 heteroatoms. The van der Waals surface area contributed by atoms with Crippen LogP contribution in [0.1, 0.15) is 45.1 Å². The Kier molecular flexibility index (Phi) is 6.57. The SMILES string of the molecule is CCC(CC)NC(=O)C1CCN(S(=O)(=O)c2ccc(C#N)cc2)CC1. The second-order valence-corrected chi connectivity index (χ2v) is 8.27. The molecule has 0 radical (unpaired) electrons. The van der Waals surface area contributed by atoms with Gasteiger partial charge < -0.3 is 5.32 Å². The van der Waals surface area contributed by atoms with Crippen molar-refractivity contribution in [2.24, 2.45) is 5.92 Å². The van der Waals surface area contributed by atoms with Crippen molar-refractivity contribution in [3.05, 3.63) is 29.8 Å². The van der Waals surface area contributed by atoms with Gasteiger partial charge in [-0.05, 0) is 49.9 Å². The second-order valence-electron chi connectivity index (χ2n) is 6.34. The van der Waals surface area contributed by atoms with Gasteiger partial charge in [0.05, 0.1) is 16.5 Å². The number of nitriles is 1. The van der Waals surface area contributed by atoms with E-state index in [-0.39, 0.29) is 22.8 Å². The van der Waals surface area contributed by atoms with Crippen LogP contribution < -0.4 is 5.32 Å². The summed E-state index contributed by atoms with van der Waals surface area (Å²) in [5, 5.41) is 11.9. The first-order chi connectivity index (χ1) is 11.9. The minimum Gasteiger partial charge on any atom is -0.353 e. The Bertz CT molecular complexity index is 726. The monoisotopic (exact) mass is 363 g/mol. The molecule has 1 aromatic rings. The summed E-state index contributed by atoms with van der Waals surface area (Å²) < 4.78 is 26.8. The van der Waals surface area contributed by atoms with Gasteiger partial charge in [-0.15, -0.1) is 0 Å². The van der Waals surface area contributed by atoms with Crippen LogP contribution in [0.25, 0.3) is 0 Å². The molecule has 1 aliphatic heterocycles. The zero-order valence-corrected chi connectivity index (χ0v) is 15.6. The first-order valence-corrected chi connectivity index (χ1v) is 10.2. The highest BCUT2D eigenvalue weighted by Gasteiger charge is 2.32.